The molecule has 0 aliphatic rings. The maximum Gasteiger partial charge on any atom is -0.0470 e. The zero-order valence-corrected chi connectivity index (χ0v) is 15.7. The van der Waals surface area contributed by atoms with Crippen LogP contribution in [0.25, 0.3) is 0 Å². The lowest BCUT2D eigenvalue weighted by Crippen LogP contribution is -1.47. The van der Waals surface area contributed by atoms with E-state index in [2.05, 4.69) is 13.8 Å². The van der Waals surface area contributed by atoms with E-state index in [9.17, 15) is 0 Å². The van der Waals surface area contributed by atoms with Gasteiger partial charge in [-0.25, -0.2) is 0 Å². The molecule has 0 aromatic heterocycles. The molecule has 0 aliphatic heterocycles. The minimum Gasteiger partial charge on any atom is -0.0919 e. The number of hydrogen-bond donors (Lipinski definition) is 0. The summed E-state index contributed by atoms with van der Waals surface area (Å²) in [6.45, 7) is 24.4. The molecule has 0 amide bonds. The van der Waals surface area contributed by atoms with Crippen LogP contribution >= 0.6 is 0 Å². The summed E-state index contributed by atoms with van der Waals surface area (Å²) in [6, 6.07) is 0. The fourth-order valence-corrected chi connectivity index (χ4v) is 0. The third kappa shape index (κ3) is 528. The van der Waals surface area contributed by atoms with E-state index in [1.54, 1.807) is 0 Å². The molecule has 116 valence electrons. The fourth-order valence-electron chi connectivity index (χ4n) is 0. The second-order valence-electron chi connectivity index (χ2n) is 2.33. The Morgan fingerprint density at radius 2 is 0.556 bits per heavy atom. The first-order valence-corrected chi connectivity index (χ1v) is 7.89. The van der Waals surface area contributed by atoms with Crippen LogP contribution in [0.5, 0.6) is 0 Å². The van der Waals surface area contributed by atoms with Gasteiger partial charge < -0.3 is 0 Å². The van der Waals surface area contributed by atoms with Gasteiger partial charge in [-0.2, -0.15) is 0 Å². The van der Waals surface area contributed by atoms with E-state index in [1.165, 1.54) is 12.8 Å². The Labute approximate surface area is 121 Å². The molecule has 0 aromatic rings. The summed E-state index contributed by atoms with van der Waals surface area (Å²) in [6.07, 6.45) is 10.6. The van der Waals surface area contributed by atoms with Crippen molar-refractivity contribution in [3.8, 4) is 0 Å². The molecule has 0 spiro atoms. The second-order valence-corrected chi connectivity index (χ2v) is 2.33. The molecule has 0 aromatic carbocycles. The van der Waals surface area contributed by atoms with Gasteiger partial charge in [-0.1, -0.05) is 92.5 Å². The van der Waals surface area contributed by atoms with Crippen LogP contribution in [0.3, 0.4) is 0 Å². The van der Waals surface area contributed by atoms with E-state index >= 15 is 0 Å². The van der Waals surface area contributed by atoms with E-state index in [1.807, 2.05) is 93.5 Å². The van der Waals surface area contributed by atoms with Gasteiger partial charge in [-0.3, -0.25) is 0 Å². The summed E-state index contributed by atoms with van der Waals surface area (Å²) >= 11 is 0. The fraction of sp³-hybridized carbons (Fsp3) is 0.778. The Balaban J connectivity index is -0.0000000249. The Bertz CT molecular complexity index is 58.0. The molecule has 0 nitrogen and oxygen atoms in total. The minimum atomic E-state index is 1.32. The van der Waals surface area contributed by atoms with E-state index < -0.39 is 0 Å². The molecule has 0 fully saturated rings. The smallest absolute Gasteiger partial charge is 0.0470 e. The molecule has 0 aliphatic carbocycles. The minimum absolute atomic E-state index is 1.32. The Hall–Kier alpha value is -0.520. The summed E-state index contributed by atoms with van der Waals surface area (Å²) in [7, 11) is 0. The highest BCUT2D eigenvalue weighted by Crippen LogP contribution is 1.76. The van der Waals surface area contributed by atoms with Crippen molar-refractivity contribution < 1.29 is 0 Å². The normalized spacial score (nSPS) is 6.89. The molecular formula is C18H44. The molecule has 18 heavy (non-hydrogen) atoms. The molecule has 0 heterocycles. The van der Waals surface area contributed by atoms with Crippen LogP contribution < -0.4 is 0 Å². The van der Waals surface area contributed by atoms with E-state index in [0.29, 0.717) is 0 Å². The molecule has 0 bridgehead atoms. The zero-order valence-electron chi connectivity index (χ0n) is 15.7. The lowest BCUT2D eigenvalue weighted by atomic mass is 10.4. The first-order valence-electron chi connectivity index (χ1n) is 7.89. The van der Waals surface area contributed by atoms with Crippen LogP contribution in [0.2, 0.25) is 0 Å². The number of rotatable bonds is 1. The highest BCUT2D eigenvalue weighted by molar-refractivity contribution is 4.68. The Morgan fingerprint density at radius 1 is 0.444 bits per heavy atom. The van der Waals surface area contributed by atoms with Crippen LogP contribution in [0.1, 0.15) is 95.9 Å². The van der Waals surface area contributed by atoms with Crippen molar-refractivity contribution in [1.29, 1.82) is 0 Å². The lowest BCUT2D eigenvalue weighted by molar-refractivity contribution is 0.886. The Kier molecular flexibility index (Phi) is 263. The van der Waals surface area contributed by atoms with Gasteiger partial charge in [-0.15, -0.1) is 0 Å². The van der Waals surface area contributed by atoms with Crippen LogP contribution in [0.4, 0.5) is 0 Å². The molecule has 0 heteroatoms. The van der Waals surface area contributed by atoms with Crippen molar-refractivity contribution in [3.05, 3.63) is 24.3 Å². The predicted molar refractivity (Wildman–Crippen MR) is 95.6 cm³/mol. The number of hydrogen-bond acceptors (Lipinski definition) is 0. The largest absolute Gasteiger partial charge is 0.0919 e. The van der Waals surface area contributed by atoms with Crippen molar-refractivity contribution in [2.24, 2.45) is 0 Å². The van der Waals surface area contributed by atoms with Crippen molar-refractivity contribution >= 4 is 0 Å². The monoisotopic (exact) mass is 260 g/mol. The third-order valence-corrected chi connectivity index (χ3v) is 1.17. The summed E-state index contributed by atoms with van der Waals surface area (Å²) in [4.78, 5) is 0. The quantitative estimate of drug-likeness (QED) is 0.418. The van der Waals surface area contributed by atoms with Gasteiger partial charge in [-0.05, 0) is 27.7 Å². The highest BCUT2D eigenvalue weighted by Gasteiger charge is 1.56. The standard InChI is InChI=1S/C4H10.2C4H8.3C2H6/c3*1-3-4-2;3*1-2/h3-4H2,1-2H3;2*3-4H,1-2H3;3*1-2H3/b;2*4-3-;;;. The zero-order chi connectivity index (χ0) is 16.2. The second kappa shape index (κ2) is 132. The topological polar surface area (TPSA) is 0 Å². The van der Waals surface area contributed by atoms with E-state index in [0.717, 1.165) is 0 Å². The van der Waals surface area contributed by atoms with Gasteiger partial charge in [0.05, 0.1) is 0 Å². The first kappa shape index (κ1) is 36.0. The maximum absolute atomic E-state index is 2.18. The SMILES string of the molecule is C/C=C\C.C/C=C\C.CC.CC.CC.CCCC. The lowest BCUT2D eigenvalue weighted by Gasteiger charge is -1.68. The summed E-state index contributed by atoms with van der Waals surface area (Å²) in [5, 5.41) is 0. The van der Waals surface area contributed by atoms with Gasteiger partial charge >= 0.3 is 0 Å². The Morgan fingerprint density at radius 3 is 0.556 bits per heavy atom. The molecular weight excluding hydrogens is 216 g/mol. The molecule has 0 unspecified atom stereocenters. The average molecular weight is 261 g/mol. The van der Waals surface area contributed by atoms with Crippen LogP contribution in [0.15, 0.2) is 24.3 Å². The maximum atomic E-state index is 2.18. The summed E-state index contributed by atoms with van der Waals surface area (Å²) in [5.41, 5.74) is 0. The number of unbranched alkanes of at least 4 members (excludes halogenated alkanes) is 1. The van der Waals surface area contributed by atoms with Gasteiger partial charge in [0.2, 0.25) is 0 Å². The van der Waals surface area contributed by atoms with Crippen molar-refractivity contribution in [3.63, 3.8) is 0 Å². The van der Waals surface area contributed by atoms with Crippen LogP contribution in [-0.2, 0) is 0 Å². The van der Waals surface area contributed by atoms with E-state index in [4.69, 9.17) is 0 Å². The van der Waals surface area contributed by atoms with Gasteiger partial charge in [0, 0.05) is 0 Å². The van der Waals surface area contributed by atoms with Crippen molar-refractivity contribution in [1.82, 2.24) is 0 Å². The molecule has 0 saturated heterocycles. The van der Waals surface area contributed by atoms with Gasteiger partial charge in [0.25, 0.3) is 0 Å². The third-order valence-electron chi connectivity index (χ3n) is 1.17. The van der Waals surface area contributed by atoms with Gasteiger partial charge in [0.1, 0.15) is 0 Å². The molecule has 0 saturated carbocycles. The first-order chi connectivity index (χ1) is 8.74. The van der Waals surface area contributed by atoms with E-state index in [-0.39, 0.29) is 0 Å². The van der Waals surface area contributed by atoms with Crippen LogP contribution in [0, 0.1) is 0 Å². The molecule has 0 rings (SSSR count). The molecule has 0 radical (unpaired) electrons. The number of allylic oxidation sites excluding steroid dienone is 4. The van der Waals surface area contributed by atoms with Crippen LogP contribution in [-0.4, -0.2) is 0 Å². The predicted octanol–water partition coefficient (Wildman–Crippen LogP) is 8.05. The molecule has 0 N–H and O–H groups in total. The van der Waals surface area contributed by atoms with Crippen molar-refractivity contribution in [2.45, 2.75) is 95.9 Å². The molecule has 0 atom stereocenters. The summed E-state index contributed by atoms with van der Waals surface area (Å²) in [5.74, 6) is 0. The average Bonchev–Trinajstić information content (AvgIpc) is 2.53. The van der Waals surface area contributed by atoms with Gasteiger partial charge in [0.15, 0.2) is 0 Å². The van der Waals surface area contributed by atoms with Crippen molar-refractivity contribution in [2.75, 3.05) is 0 Å². The summed E-state index contributed by atoms with van der Waals surface area (Å²) < 4.78 is 0. The highest BCUT2D eigenvalue weighted by atomic mass is 13.6.